The van der Waals surface area contributed by atoms with Gasteiger partial charge in [0.25, 0.3) is 0 Å². The average molecular weight is 272 g/mol. The van der Waals surface area contributed by atoms with Crippen LogP contribution in [0.1, 0.15) is 22.4 Å². The summed E-state index contributed by atoms with van der Waals surface area (Å²) in [6.07, 6.45) is 2.71. The van der Waals surface area contributed by atoms with Crippen molar-refractivity contribution in [2.45, 2.75) is 19.4 Å². The zero-order valence-electron chi connectivity index (χ0n) is 11.0. The minimum Gasteiger partial charge on any atom is -0.469 e. The molecule has 1 atom stereocenters. The second kappa shape index (κ2) is 5.15. The lowest BCUT2D eigenvalue weighted by molar-refractivity contribution is 0.520. The molecule has 0 bridgehead atoms. The van der Waals surface area contributed by atoms with Crippen molar-refractivity contribution in [3.05, 3.63) is 52.9 Å². The molecule has 2 heterocycles. The molecule has 0 saturated heterocycles. The molecule has 0 spiro atoms. The minimum atomic E-state index is 0.248. The molecule has 1 unspecified atom stereocenters. The van der Waals surface area contributed by atoms with Crippen LogP contribution in [0.3, 0.4) is 0 Å². The number of hydrogen-bond donors (Lipinski definition) is 1. The van der Waals surface area contributed by atoms with Crippen LogP contribution in [0.5, 0.6) is 0 Å². The van der Waals surface area contributed by atoms with Gasteiger partial charge in [0.1, 0.15) is 5.76 Å². The van der Waals surface area contributed by atoms with Gasteiger partial charge >= 0.3 is 0 Å². The number of hydrogen-bond acceptors (Lipinski definition) is 4. The van der Waals surface area contributed by atoms with Crippen LogP contribution in [0, 0.1) is 6.92 Å². The molecular weight excluding hydrogens is 256 g/mol. The van der Waals surface area contributed by atoms with Crippen LogP contribution in [-0.2, 0) is 6.42 Å². The zero-order chi connectivity index (χ0) is 13.2. The van der Waals surface area contributed by atoms with Gasteiger partial charge in [-0.15, -0.1) is 11.3 Å². The lowest BCUT2D eigenvalue weighted by atomic mass is 10.1. The molecule has 1 N–H and O–H groups in total. The van der Waals surface area contributed by atoms with Gasteiger partial charge in [-0.1, -0.05) is 12.1 Å². The van der Waals surface area contributed by atoms with Crippen LogP contribution in [0.4, 0.5) is 0 Å². The summed E-state index contributed by atoms with van der Waals surface area (Å²) in [5.41, 5.74) is 2.26. The van der Waals surface area contributed by atoms with Crippen molar-refractivity contribution in [2.75, 3.05) is 7.05 Å². The predicted octanol–water partition coefficient (Wildman–Crippen LogP) is 3.70. The molecule has 3 rings (SSSR count). The Morgan fingerprint density at radius 2 is 2.21 bits per heavy atom. The number of aromatic nitrogens is 1. The fraction of sp³-hybridized carbons (Fsp3) is 0.267. The molecule has 4 heteroatoms. The van der Waals surface area contributed by atoms with Crippen LogP contribution in [0.25, 0.3) is 10.2 Å². The molecule has 19 heavy (non-hydrogen) atoms. The normalized spacial score (nSPS) is 12.9. The van der Waals surface area contributed by atoms with Gasteiger partial charge in [-0.2, -0.15) is 0 Å². The van der Waals surface area contributed by atoms with Crippen molar-refractivity contribution in [1.82, 2.24) is 10.3 Å². The molecule has 2 aromatic heterocycles. The number of furan rings is 1. The molecule has 0 aliphatic carbocycles. The van der Waals surface area contributed by atoms with E-state index in [1.165, 1.54) is 10.3 Å². The van der Waals surface area contributed by atoms with Gasteiger partial charge in [-0.25, -0.2) is 4.98 Å². The first kappa shape index (κ1) is 12.4. The number of aryl methyl sites for hydroxylation is 1. The van der Waals surface area contributed by atoms with E-state index >= 15 is 0 Å². The number of benzene rings is 1. The summed E-state index contributed by atoms with van der Waals surface area (Å²) < 4.78 is 6.63. The monoisotopic (exact) mass is 272 g/mol. The van der Waals surface area contributed by atoms with E-state index in [-0.39, 0.29) is 6.04 Å². The SMILES string of the molecule is CNC(Cc1nc2ccccc2s1)c1coc(C)c1. The summed E-state index contributed by atoms with van der Waals surface area (Å²) in [6, 6.07) is 10.6. The molecule has 3 aromatic rings. The first-order valence-corrected chi connectivity index (χ1v) is 7.14. The Labute approximate surface area is 116 Å². The first-order chi connectivity index (χ1) is 9.26. The maximum absolute atomic E-state index is 5.39. The maximum Gasteiger partial charge on any atom is 0.101 e. The van der Waals surface area contributed by atoms with E-state index in [9.17, 15) is 0 Å². The van der Waals surface area contributed by atoms with E-state index in [4.69, 9.17) is 4.42 Å². The smallest absolute Gasteiger partial charge is 0.101 e. The van der Waals surface area contributed by atoms with Gasteiger partial charge < -0.3 is 9.73 Å². The number of likely N-dealkylation sites (N-methyl/N-ethyl adjacent to an activating group) is 1. The third-order valence-corrected chi connectivity index (χ3v) is 4.28. The third-order valence-electron chi connectivity index (χ3n) is 3.22. The van der Waals surface area contributed by atoms with Gasteiger partial charge in [-0.3, -0.25) is 0 Å². The molecule has 0 aliphatic heterocycles. The highest BCUT2D eigenvalue weighted by molar-refractivity contribution is 7.18. The van der Waals surface area contributed by atoms with E-state index in [0.717, 1.165) is 22.7 Å². The highest BCUT2D eigenvalue weighted by atomic mass is 32.1. The molecule has 0 radical (unpaired) electrons. The van der Waals surface area contributed by atoms with Crippen molar-refractivity contribution in [3.63, 3.8) is 0 Å². The maximum atomic E-state index is 5.39. The topological polar surface area (TPSA) is 38.1 Å². The predicted molar refractivity (Wildman–Crippen MR) is 78.6 cm³/mol. The number of rotatable bonds is 4. The van der Waals surface area contributed by atoms with Gasteiger partial charge in [-0.05, 0) is 32.2 Å². The molecule has 0 fully saturated rings. The van der Waals surface area contributed by atoms with Crippen molar-refractivity contribution in [2.24, 2.45) is 0 Å². The summed E-state index contributed by atoms with van der Waals surface area (Å²) in [5.74, 6) is 0.944. The van der Waals surface area contributed by atoms with E-state index < -0.39 is 0 Å². The summed E-state index contributed by atoms with van der Waals surface area (Å²) in [5, 5.41) is 4.48. The molecule has 0 aliphatic rings. The Morgan fingerprint density at radius 3 is 2.89 bits per heavy atom. The number of nitrogens with zero attached hydrogens (tertiary/aromatic N) is 1. The molecule has 98 valence electrons. The van der Waals surface area contributed by atoms with Gasteiger partial charge in [0.2, 0.25) is 0 Å². The molecule has 0 amide bonds. The van der Waals surface area contributed by atoms with Crippen LogP contribution in [-0.4, -0.2) is 12.0 Å². The summed E-state index contributed by atoms with van der Waals surface area (Å²) in [6.45, 7) is 1.97. The van der Waals surface area contributed by atoms with Crippen LogP contribution in [0.15, 0.2) is 41.0 Å². The van der Waals surface area contributed by atoms with Gasteiger partial charge in [0.15, 0.2) is 0 Å². The van der Waals surface area contributed by atoms with E-state index in [0.29, 0.717) is 0 Å². The average Bonchev–Trinajstić information content (AvgIpc) is 3.01. The largest absolute Gasteiger partial charge is 0.469 e. The summed E-state index contributed by atoms with van der Waals surface area (Å²) in [7, 11) is 1.97. The lowest BCUT2D eigenvalue weighted by Gasteiger charge is -2.11. The fourth-order valence-electron chi connectivity index (χ4n) is 2.21. The van der Waals surface area contributed by atoms with E-state index in [2.05, 4.69) is 34.6 Å². The zero-order valence-corrected chi connectivity index (χ0v) is 11.8. The summed E-state index contributed by atoms with van der Waals surface area (Å²) >= 11 is 1.76. The Kier molecular flexibility index (Phi) is 3.36. The van der Waals surface area contributed by atoms with Crippen LogP contribution in [0.2, 0.25) is 0 Å². The van der Waals surface area contributed by atoms with E-state index in [1.54, 1.807) is 11.3 Å². The van der Waals surface area contributed by atoms with Crippen molar-refractivity contribution in [3.8, 4) is 0 Å². The number of fused-ring (bicyclic) bond motifs is 1. The molecule has 3 nitrogen and oxygen atoms in total. The van der Waals surface area contributed by atoms with Crippen molar-refractivity contribution < 1.29 is 4.42 Å². The molecule has 0 saturated carbocycles. The fourth-order valence-corrected chi connectivity index (χ4v) is 3.23. The van der Waals surface area contributed by atoms with Gasteiger partial charge in [0, 0.05) is 18.0 Å². The number of thiazole rings is 1. The van der Waals surface area contributed by atoms with E-state index in [1.807, 2.05) is 26.3 Å². The Bertz CT molecular complexity index is 653. The van der Waals surface area contributed by atoms with Crippen molar-refractivity contribution in [1.29, 1.82) is 0 Å². The molecule has 1 aromatic carbocycles. The first-order valence-electron chi connectivity index (χ1n) is 6.33. The number of para-hydroxylation sites is 1. The Morgan fingerprint density at radius 1 is 1.37 bits per heavy atom. The third kappa shape index (κ3) is 2.55. The quantitative estimate of drug-likeness (QED) is 0.787. The van der Waals surface area contributed by atoms with Gasteiger partial charge in [0.05, 0.1) is 21.5 Å². The molecular formula is C15H16N2OS. The van der Waals surface area contributed by atoms with Crippen molar-refractivity contribution >= 4 is 21.6 Å². The highest BCUT2D eigenvalue weighted by Gasteiger charge is 2.15. The lowest BCUT2D eigenvalue weighted by Crippen LogP contribution is -2.18. The Balaban J connectivity index is 1.86. The second-order valence-electron chi connectivity index (χ2n) is 4.61. The summed E-state index contributed by atoms with van der Waals surface area (Å²) in [4.78, 5) is 4.68. The van der Waals surface area contributed by atoms with Crippen LogP contribution < -0.4 is 5.32 Å². The minimum absolute atomic E-state index is 0.248. The standard InChI is InChI=1S/C15H16N2OS/c1-10-7-11(9-18-10)13(16-2)8-15-17-12-5-3-4-6-14(12)19-15/h3-7,9,13,16H,8H2,1-2H3. The highest BCUT2D eigenvalue weighted by Crippen LogP contribution is 2.26. The Hall–Kier alpha value is -1.65. The number of nitrogens with one attached hydrogen (secondary N) is 1. The second-order valence-corrected chi connectivity index (χ2v) is 5.73. The van der Waals surface area contributed by atoms with Crippen LogP contribution >= 0.6 is 11.3 Å².